The predicted molar refractivity (Wildman–Crippen MR) is 102 cm³/mol. The van der Waals surface area contributed by atoms with E-state index in [1.54, 1.807) is 4.57 Å². The largest absolute Gasteiger partial charge is 0.362 e. The van der Waals surface area contributed by atoms with Crippen molar-refractivity contribution in [3.05, 3.63) is 64.5 Å². The molecule has 2 heterocycles. The van der Waals surface area contributed by atoms with E-state index in [9.17, 15) is 4.79 Å². The average molecular weight is 336 g/mol. The summed E-state index contributed by atoms with van der Waals surface area (Å²) in [5, 5.41) is 2.19. The van der Waals surface area contributed by atoms with Crippen molar-refractivity contribution in [2.75, 3.05) is 19.0 Å². The van der Waals surface area contributed by atoms with Crippen LogP contribution in [0.1, 0.15) is 32.0 Å². The minimum Gasteiger partial charge on any atom is -0.362 e. The Hall–Kier alpha value is -2.69. The maximum absolute atomic E-state index is 12.4. The smallest absolute Gasteiger partial charge is 0.348 e. The van der Waals surface area contributed by atoms with Gasteiger partial charge in [0, 0.05) is 37.3 Å². The van der Waals surface area contributed by atoms with Crippen molar-refractivity contribution in [2.45, 2.75) is 32.7 Å². The highest BCUT2D eigenvalue weighted by Crippen LogP contribution is 2.26. The van der Waals surface area contributed by atoms with Crippen LogP contribution in [0.4, 0.5) is 5.82 Å². The number of hydrogen-bond acceptors (Lipinski definition) is 4. The van der Waals surface area contributed by atoms with Crippen molar-refractivity contribution in [3.63, 3.8) is 0 Å². The molecule has 0 aliphatic rings. The Kier molecular flexibility index (Phi) is 4.33. The van der Waals surface area contributed by atoms with E-state index in [1.165, 1.54) is 0 Å². The summed E-state index contributed by atoms with van der Waals surface area (Å²) in [6.45, 7) is 6.61. The monoisotopic (exact) mass is 336 g/mol. The van der Waals surface area contributed by atoms with Crippen LogP contribution >= 0.6 is 0 Å². The van der Waals surface area contributed by atoms with Gasteiger partial charge in [0.15, 0.2) is 0 Å². The van der Waals surface area contributed by atoms with Crippen LogP contribution in [0.2, 0.25) is 0 Å². The molecule has 0 fully saturated rings. The summed E-state index contributed by atoms with van der Waals surface area (Å²) in [6, 6.07) is 10.1. The van der Waals surface area contributed by atoms with E-state index < -0.39 is 0 Å². The molecule has 0 atom stereocenters. The molecule has 1 aromatic carbocycles. The van der Waals surface area contributed by atoms with Gasteiger partial charge < -0.3 is 4.90 Å². The Balaban J connectivity index is 2.05. The highest BCUT2D eigenvalue weighted by atomic mass is 16.1. The Bertz CT molecular complexity index is 967. The fourth-order valence-corrected chi connectivity index (χ4v) is 2.87. The molecular weight excluding hydrogens is 312 g/mol. The van der Waals surface area contributed by atoms with Gasteiger partial charge in [0.25, 0.3) is 0 Å². The van der Waals surface area contributed by atoms with Crippen molar-refractivity contribution < 1.29 is 0 Å². The molecule has 0 aliphatic carbocycles. The van der Waals surface area contributed by atoms with Crippen molar-refractivity contribution >= 4 is 16.6 Å². The molecule has 25 heavy (non-hydrogen) atoms. The van der Waals surface area contributed by atoms with E-state index in [2.05, 4.69) is 42.9 Å². The Morgan fingerprint density at radius 2 is 1.76 bits per heavy atom. The molecule has 0 N–H and O–H groups in total. The number of rotatable bonds is 3. The molecule has 0 amide bonds. The molecule has 0 unspecified atom stereocenters. The van der Waals surface area contributed by atoms with Crippen LogP contribution in [0.15, 0.2) is 47.5 Å². The SMILES string of the molecule is CN(C)c1ncc(Cn2ccc(C(C)(C)C)nc2=O)c2ccccc12. The number of aromatic nitrogens is 3. The zero-order chi connectivity index (χ0) is 18.2. The van der Waals surface area contributed by atoms with Gasteiger partial charge in [0.05, 0.1) is 12.2 Å². The zero-order valence-electron chi connectivity index (χ0n) is 15.4. The standard InChI is InChI=1S/C20H24N4O/c1-20(2,3)17-10-11-24(19(25)22-17)13-14-12-21-18(23(4)5)16-9-7-6-8-15(14)16/h6-12H,13H2,1-5H3. The molecule has 0 saturated carbocycles. The molecule has 3 rings (SSSR count). The molecule has 0 radical (unpaired) electrons. The quantitative estimate of drug-likeness (QED) is 0.737. The second-order valence-electron chi connectivity index (χ2n) is 7.52. The molecule has 5 nitrogen and oxygen atoms in total. The first-order chi connectivity index (χ1) is 11.8. The minimum atomic E-state index is -0.229. The highest BCUT2D eigenvalue weighted by Gasteiger charge is 2.17. The maximum Gasteiger partial charge on any atom is 0.348 e. The number of fused-ring (bicyclic) bond motifs is 1. The van der Waals surface area contributed by atoms with Crippen LogP contribution in [-0.2, 0) is 12.0 Å². The first-order valence-corrected chi connectivity index (χ1v) is 8.39. The Morgan fingerprint density at radius 3 is 2.36 bits per heavy atom. The molecular formula is C20H24N4O. The van der Waals surface area contributed by atoms with E-state index in [1.807, 2.05) is 49.6 Å². The Labute approximate surface area is 148 Å². The predicted octanol–water partition coefficient (Wildman–Crippen LogP) is 3.20. The zero-order valence-corrected chi connectivity index (χ0v) is 15.4. The van der Waals surface area contributed by atoms with E-state index in [0.29, 0.717) is 6.54 Å². The number of anilines is 1. The van der Waals surface area contributed by atoms with Crippen molar-refractivity contribution in [3.8, 4) is 0 Å². The lowest BCUT2D eigenvalue weighted by molar-refractivity contribution is 0.554. The second-order valence-corrected chi connectivity index (χ2v) is 7.52. The fraction of sp³-hybridized carbons (Fsp3) is 0.350. The first-order valence-electron chi connectivity index (χ1n) is 8.39. The maximum atomic E-state index is 12.4. The summed E-state index contributed by atoms with van der Waals surface area (Å²) in [4.78, 5) is 23.2. The summed E-state index contributed by atoms with van der Waals surface area (Å²) in [5.41, 5.74) is 1.45. The van der Waals surface area contributed by atoms with Gasteiger partial charge in [-0.3, -0.25) is 4.57 Å². The lowest BCUT2D eigenvalue weighted by Crippen LogP contribution is -2.27. The third-order valence-electron chi connectivity index (χ3n) is 4.26. The number of nitrogens with zero attached hydrogens (tertiary/aromatic N) is 4. The van der Waals surface area contributed by atoms with Crippen LogP contribution in [0, 0.1) is 0 Å². The fourth-order valence-electron chi connectivity index (χ4n) is 2.87. The second kappa shape index (κ2) is 6.31. The molecule has 5 heteroatoms. The highest BCUT2D eigenvalue weighted by molar-refractivity contribution is 5.94. The normalized spacial score (nSPS) is 11.7. The summed E-state index contributed by atoms with van der Waals surface area (Å²) in [7, 11) is 3.96. The lowest BCUT2D eigenvalue weighted by Gasteiger charge is -2.18. The minimum absolute atomic E-state index is 0.139. The summed E-state index contributed by atoms with van der Waals surface area (Å²) in [6.07, 6.45) is 3.67. The molecule has 0 spiro atoms. The van der Waals surface area contributed by atoms with Gasteiger partial charge in [-0.15, -0.1) is 0 Å². The summed E-state index contributed by atoms with van der Waals surface area (Å²) >= 11 is 0. The summed E-state index contributed by atoms with van der Waals surface area (Å²) in [5.74, 6) is 0.924. The van der Waals surface area contributed by atoms with Gasteiger partial charge in [-0.25, -0.2) is 9.78 Å². The van der Waals surface area contributed by atoms with Crippen molar-refractivity contribution in [1.82, 2.24) is 14.5 Å². The molecule has 3 aromatic rings. The van der Waals surface area contributed by atoms with E-state index in [0.717, 1.165) is 27.8 Å². The molecule has 2 aromatic heterocycles. The van der Waals surface area contributed by atoms with Crippen LogP contribution in [-0.4, -0.2) is 28.6 Å². The van der Waals surface area contributed by atoms with E-state index in [-0.39, 0.29) is 11.1 Å². The van der Waals surface area contributed by atoms with Crippen molar-refractivity contribution in [2.24, 2.45) is 0 Å². The number of benzene rings is 1. The molecule has 0 aliphatic heterocycles. The third kappa shape index (κ3) is 3.40. The molecule has 0 saturated heterocycles. The van der Waals surface area contributed by atoms with Crippen molar-refractivity contribution in [1.29, 1.82) is 0 Å². The molecule has 0 bridgehead atoms. The van der Waals surface area contributed by atoms with Gasteiger partial charge in [-0.2, -0.15) is 4.98 Å². The van der Waals surface area contributed by atoms with Crippen LogP contribution in [0.25, 0.3) is 10.8 Å². The lowest BCUT2D eigenvalue weighted by atomic mass is 9.92. The molecule has 130 valence electrons. The number of pyridine rings is 1. The Morgan fingerprint density at radius 1 is 1.08 bits per heavy atom. The van der Waals surface area contributed by atoms with Gasteiger partial charge in [0.2, 0.25) is 0 Å². The van der Waals surface area contributed by atoms with E-state index >= 15 is 0 Å². The van der Waals surface area contributed by atoms with Crippen LogP contribution in [0.5, 0.6) is 0 Å². The topological polar surface area (TPSA) is 51.0 Å². The van der Waals surface area contributed by atoms with Gasteiger partial charge in [0.1, 0.15) is 5.82 Å². The first kappa shape index (κ1) is 17.1. The van der Waals surface area contributed by atoms with Gasteiger partial charge in [-0.05, 0) is 17.0 Å². The third-order valence-corrected chi connectivity index (χ3v) is 4.26. The van der Waals surface area contributed by atoms with Gasteiger partial charge >= 0.3 is 5.69 Å². The van der Waals surface area contributed by atoms with Crippen LogP contribution < -0.4 is 10.6 Å². The average Bonchev–Trinajstić information content (AvgIpc) is 2.55. The van der Waals surface area contributed by atoms with Crippen LogP contribution in [0.3, 0.4) is 0 Å². The van der Waals surface area contributed by atoms with E-state index in [4.69, 9.17) is 0 Å². The summed E-state index contributed by atoms with van der Waals surface area (Å²) < 4.78 is 1.63. The number of hydrogen-bond donors (Lipinski definition) is 0. The van der Waals surface area contributed by atoms with Gasteiger partial charge in [-0.1, -0.05) is 45.0 Å².